The topological polar surface area (TPSA) is 45.8 Å². The standard InChI is InChI=1S/C24H19F3N2O/c25-24(26,27)21-13-22(19-11-10-17-8-4-5-9-18(17)12-19)29(23(30)20(21)14-28)15-16-6-2-1-3-7-16/h1-3,6-7,10-13H,4-5,8-9,15H2. The van der Waals surface area contributed by atoms with Crippen LogP contribution in [0.4, 0.5) is 13.2 Å². The molecule has 4 rings (SSSR count). The number of aromatic nitrogens is 1. The molecule has 3 aromatic rings. The number of nitriles is 1. The maximum Gasteiger partial charge on any atom is 0.417 e. The Bertz CT molecular complexity index is 1190. The molecular formula is C24H19F3N2O. The Morgan fingerprint density at radius 3 is 2.33 bits per heavy atom. The molecule has 152 valence electrons. The molecule has 0 aliphatic heterocycles. The zero-order chi connectivity index (χ0) is 21.3. The maximum atomic E-state index is 13.6. The van der Waals surface area contributed by atoms with E-state index in [1.165, 1.54) is 16.2 Å². The number of pyridine rings is 1. The van der Waals surface area contributed by atoms with Crippen LogP contribution in [0.3, 0.4) is 0 Å². The first-order valence-electron chi connectivity index (χ1n) is 9.79. The highest BCUT2D eigenvalue weighted by atomic mass is 19.4. The van der Waals surface area contributed by atoms with E-state index in [2.05, 4.69) is 0 Å². The lowest BCUT2D eigenvalue weighted by Crippen LogP contribution is -2.28. The van der Waals surface area contributed by atoms with Gasteiger partial charge in [0.15, 0.2) is 0 Å². The molecule has 0 saturated carbocycles. The summed E-state index contributed by atoms with van der Waals surface area (Å²) in [5.41, 5.74) is 0.808. The van der Waals surface area contributed by atoms with Gasteiger partial charge in [0.2, 0.25) is 0 Å². The Labute approximate surface area is 172 Å². The van der Waals surface area contributed by atoms with E-state index in [1.54, 1.807) is 30.3 Å². The highest BCUT2D eigenvalue weighted by Crippen LogP contribution is 2.34. The highest BCUT2D eigenvalue weighted by molar-refractivity contribution is 5.64. The number of rotatable bonds is 3. The van der Waals surface area contributed by atoms with Crippen molar-refractivity contribution in [2.24, 2.45) is 0 Å². The van der Waals surface area contributed by atoms with Crippen LogP contribution in [0, 0.1) is 11.3 Å². The van der Waals surface area contributed by atoms with Gasteiger partial charge in [0, 0.05) is 0 Å². The van der Waals surface area contributed by atoms with Gasteiger partial charge in [0.1, 0.15) is 11.6 Å². The predicted molar refractivity (Wildman–Crippen MR) is 108 cm³/mol. The van der Waals surface area contributed by atoms with Gasteiger partial charge in [0.05, 0.1) is 17.8 Å². The summed E-state index contributed by atoms with van der Waals surface area (Å²) in [4.78, 5) is 13.0. The first-order valence-corrected chi connectivity index (χ1v) is 9.79. The van der Waals surface area contributed by atoms with E-state index in [9.17, 15) is 23.2 Å². The van der Waals surface area contributed by atoms with Crippen LogP contribution in [0.25, 0.3) is 11.3 Å². The zero-order valence-electron chi connectivity index (χ0n) is 16.2. The second-order valence-corrected chi connectivity index (χ2v) is 7.50. The zero-order valence-corrected chi connectivity index (χ0v) is 16.2. The molecule has 0 fully saturated rings. The Morgan fingerprint density at radius 1 is 0.967 bits per heavy atom. The minimum atomic E-state index is -4.79. The van der Waals surface area contributed by atoms with Gasteiger partial charge in [0.25, 0.3) is 5.56 Å². The van der Waals surface area contributed by atoms with Crippen LogP contribution < -0.4 is 5.56 Å². The van der Waals surface area contributed by atoms with E-state index >= 15 is 0 Å². The average Bonchev–Trinajstić information content (AvgIpc) is 2.74. The molecule has 1 aliphatic rings. The summed E-state index contributed by atoms with van der Waals surface area (Å²) in [6, 6.07) is 17.0. The highest BCUT2D eigenvalue weighted by Gasteiger charge is 2.36. The van der Waals surface area contributed by atoms with E-state index in [0.29, 0.717) is 5.56 Å². The number of alkyl halides is 3. The monoisotopic (exact) mass is 408 g/mol. The molecule has 0 unspecified atom stereocenters. The van der Waals surface area contributed by atoms with Gasteiger partial charge in [-0.15, -0.1) is 0 Å². The molecule has 1 heterocycles. The van der Waals surface area contributed by atoms with Crippen LogP contribution in [0.2, 0.25) is 0 Å². The molecule has 2 aromatic carbocycles. The molecule has 0 spiro atoms. The third kappa shape index (κ3) is 3.76. The molecule has 0 atom stereocenters. The summed E-state index contributed by atoms with van der Waals surface area (Å²) in [6.07, 6.45) is -0.838. The summed E-state index contributed by atoms with van der Waals surface area (Å²) in [6.45, 7) is 0.0823. The van der Waals surface area contributed by atoms with Gasteiger partial charge in [-0.1, -0.05) is 42.5 Å². The lowest BCUT2D eigenvalue weighted by molar-refractivity contribution is -0.137. The fourth-order valence-corrected chi connectivity index (χ4v) is 4.03. The molecule has 30 heavy (non-hydrogen) atoms. The molecule has 0 saturated heterocycles. The van der Waals surface area contributed by atoms with Crippen molar-refractivity contribution >= 4 is 0 Å². The van der Waals surface area contributed by atoms with Crippen LogP contribution in [0.1, 0.15) is 40.7 Å². The fourth-order valence-electron chi connectivity index (χ4n) is 4.03. The van der Waals surface area contributed by atoms with Gasteiger partial charge < -0.3 is 4.57 Å². The van der Waals surface area contributed by atoms with E-state index in [0.717, 1.165) is 42.9 Å². The van der Waals surface area contributed by atoms with Crippen LogP contribution in [0.15, 0.2) is 59.4 Å². The van der Waals surface area contributed by atoms with Crippen molar-refractivity contribution in [3.05, 3.63) is 92.8 Å². The van der Waals surface area contributed by atoms with E-state index < -0.39 is 22.9 Å². The minimum absolute atomic E-state index is 0.0823. The lowest BCUT2D eigenvalue weighted by atomic mass is 9.89. The molecule has 1 aliphatic carbocycles. The van der Waals surface area contributed by atoms with Crippen molar-refractivity contribution in [2.45, 2.75) is 38.4 Å². The lowest BCUT2D eigenvalue weighted by Gasteiger charge is -2.20. The number of halogens is 3. The van der Waals surface area contributed by atoms with Crippen LogP contribution in [0.5, 0.6) is 0 Å². The third-order valence-corrected chi connectivity index (χ3v) is 5.55. The van der Waals surface area contributed by atoms with Crippen molar-refractivity contribution in [3.8, 4) is 17.3 Å². The summed E-state index contributed by atoms with van der Waals surface area (Å²) >= 11 is 0. The fraction of sp³-hybridized carbons (Fsp3) is 0.250. The van der Waals surface area contributed by atoms with Crippen LogP contribution >= 0.6 is 0 Å². The molecule has 3 nitrogen and oxygen atoms in total. The number of hydrogen-bond donors (Lipinski definition) is 0. The number of fused-ring (bicyclic) bond motifs is 1. The Hall–Kier alpha value is -3.33. The number of aryl methyl sites for hydroxylation is 2. The van der Waals surface area contributed by atoms with E-state index in [1.807, 2.05) is 18.2 Å². The van der Waals surface area contributed by atoms with Crippen molar-refractivity contribution in [1.82, 2.24) is 4.57 Å². The summed E-state index contributed by atoms with van der Waals surface area (Å²) in [5, 5.41) is 9.31. The quantitative estimate of drug-likeness (QED) is 0.588. The number of benzene rings is 2. The molecule has 1 aromatic heterocycles. The predicted octanol–water partition coefficient (Wildman–Crippen LogP) is 5.33. The van der Waals surface area contributed by atoms with Gasteiger partial charge in [-0.3, -0.25) is 4.79 Å². The van der Waals surface area contributed by atoms with E-state index in [-0.39, 0.29) is 12.2 Å². The van der Waals surface area contributed by atoms with Crippen LogP contribution in [-0.2, 0) is 25.6 Å². The SMILES string of the molecule is N#Cc1c(C(F)(F)F)cc(-c2ccc3c(c2)CCCC3)n(Cc2ccccc2)c1=O. The van der Waals surface area contributed by atoms with Crippen molar-refractivity contribution < 1.29 is 13.2 Å². The molecule has 0 N–H and O–H groups in total. The summed E-state index contributed by atoms with van der Waals surface area (Å²) < 4.78 is 42.2. The maximum absolute atomic E-state index is 13.6. The Kier molecular flexibility index (Phi) is 5.21. The number of hydrogen-bond acceptors (Lipinski definition) is 2. The van der Waals surface area contributed by atoms with Gasteiger partial charge >= 0.3 is 6.18 Å². The molecule has 0 radical (unpaired) electrons. The first kappa shape index (κ1) is 20.0. The summed E-state index contributed by atoms with van der Waals surface area (Å²) in [7, 11) is 0. The average molecular weight is 408 g/mol. The smallest absolute Gasteiger partial charge is 0.303 e. The Morgan fingerprint density at radius 2 is 1.67 bits per heavy atom. The van der Waals surface area contributed by atoms with Crippen molar-refractivity contribution in [2.75, 3.05) is 0 Å². The van der Waals surface area contributed by atoms with Gasteiger partial charge in [-0.2, -0.15) is 18.4 Å². The van der Waals surface area contributed by atoms with Crippen molar-refractivity contribution in [3.63, 3.8) is 0 Å². The van der Waals surface area contributed by atoms with Gasteiger partial charge in [-0.25, -0.2) is 0 Å². The third-order valence-electron chi connectivity index (χ3n) is 5.55. The largest absolute Gasteiger partial charge is 0.417 e. The normalized spacial score (nSPS) is 13.5. The number of nitrogens with zero attached hydrogens (tertiary/aromatic N) is 2. The Balaban J connectivity index is 1.96. The van der Waals surface area contributed by atoms with Gasteiger partial charge in [-0.05, 0) is 60.1 Å². The van der Waals surface area contributed by atoms with Crippen molar-refractivity contribution in [1.29, 1.82) is 5.26 Å². The first-order chi connectivity index (χ1) is 14.4. The van der Waals surface area contributed by atoms with Crippen LogP contribution in [-0.4, -0.2) is 4.57 Å². The molecule has 0 bridgehead atoms. The molecule has 0 amide bonds. The second kappa shape index (κ2) is 7.83. The summed E-state index contributed by atoms with van der Waals surface area (Å²) in [5.74, 6) is 0. The second-order valence-electron chi connectivity index (χ2n) is 7.50. The van der Waals surface area contributed by atoms with E-state index in [4.69, 9.17) is 0 Å². The molecular weight excluding hydrogens is 389 g/mol. The minimum Gasteiger partial charge on any atom is -0.303 e. The molecule has 6 heteroatoms.